The Morgan fingerprint density at radius 1 is 1.07 bits per heavy atom. The normalized spacial score (nSPS) is 18.9. The molecule has 7 nitrogen and oxygen atoms in total. The summed E-state index contributed by atoms with van der Waals surface area (Å²) in [5.41, 5.74) is 2.82. The van der Waals surface area contributed by atoms with E-state index in [1.807, 2.05) is 4.68 Å². The van der Waals surface area contributed by atoms with Crippen molar-refractivity contribution < 1.29 is 4.79 Å². The number of nitrogens with zero attached hydrogens (tertiary/aromatic N) is 4. The van der Waals surface area contributed by atoms with Crippen LogP contribution < -0.4 is 10.6 Å². The summed E-state index contributed by atoms with van der Waals surface area (Å²) in [6.45, 7) is 5.90. The van der Waals surface area contributed by atoms with Gasteiger partial charge in [0.05, 0.1) is 12.2 Å². The average molecular weight is 383 g/mol. The molecule has 1 aromatic heterocycles. The second-order valence-corrected chi connectivity index (χ2v) is 7.90. The summed E-state index contributed by atoms with van der Waals surface area (Å²) in [7, 11) is 0. The number of aromatic nitrogens is 3. The van der Waals surface area contributed by atoms with Crippen molar-refractivity contribution in [1.29, 1.82) is 0 Å². The maximum Gasteiger partial charge on any atom is 0.273 e. The minimum atomic E-state index is -0.169. The van der Waals surface area contributed by atoms with Crippen LogP contribution in [0, 0.1) is 0 Å². The molecule has 2 fully saturated rings. The molecule has 1 amide bonds. The van der Waals surface area contributed by atoms with E-state index in [0.29, 0.717) is 18.3 Å². The quantitative estimate of drug-likeness (QED) is 0.800. The summed E-state index contributed by atoms with van der Waals surface area (Å²) < 4.78 is 1.84. The lowest BCUT2D eigenvalue weighted by molar-refractivity contribution is 0.0946. The van der Waals surface area contributed by atoms with Gasteiger partial charge in [-0.2, -0.15) is 0 Å². The Bertz CT molecular complexity index is 759. The van der Waals surface area contributed by atoms with Crippen molar-refractivity contribution in [3.8, 4) is 0 Å². The standard InChI is InChI=1S/C21H30N6O/c28-21(20-16-27(25-24-20)19-8-10-22-11-9-19)23-14-17-4-6-18(7-5-17)15-26-12-2-1-3-13-26/h4-7,16,19,22H,1-3,8-15H2,(H,23,28). The molecule has 0 bridgehead atoms. The van der Waals surface area contributed by atoms with Crippen LogP contribution in [0.25, 0.3) is 0 Å². The Hall–Kier alpha value is -2.25. The second kappa shape index (κ2) is 9.30. The van der Waals surface area contributed by atoms with Gasteiger partial charge in [-0.1, -0.05) is 35.9 Å². The molecule has 4 rings (SSSR count). The molecule has 1 aromatic carbocycles. The molecule has 2 aliphatic heterocycles. The van der Waals surface area contributed by atoms with Crippen LogP contribution in [0.4, 0.5) is 0 Å². The van der Waals surface area contributed by atoms with Gasteiger partial charge in [0.1, 0.15) is 0 Å². The van der Waals surface area contributed by atoms with E-state index in [-0.39, 0.29) is 5.91 Å². The summed E-state index contributed by atoms with van der Waals surface area (Å²) in [4.78, 5) is 14.9. The maximum atomic E-state index is 12.4. The molecule has 28 heavy (non-hydrogen) atoms. The van der Waals surface area contributed by atoms with Gasteiger partial charge in [0, 0.05) is 13.1 Å². The topological polar surface area (TPSA) is 75.1 Å². The van der Waals surface area contributed by atoms with Crippen molar-refractivity contribution in [3.05, 3.63) is 47.3 Å². The van der Waals surface area contributed by atoms with Gasteiger partial charge >= 0.3 is 0 Å². The molecule has 0 atom stereocenters. The molecule has 2 N–H and O–H groups in total. The molecule has 0 saturated carbocycles. The van der Waals surface area contributed by atoms with Gasteiger partial charge in [-0.3, -0.25) is 9.69 Å². The summed E-state index contributed by atoms with van der Waals surface area (Å²) in [6.07, 6.45) is 7.80. The number of nitrogens with one attached hydrogen (secondary N) is 2. The van der Waals surface area contributed by atoms with Crippen LogP contribution in [0.2, 0.25) is 0 Å². The van der Waals surface area contributed by atoms with E-state index in [1.54, 1.807) is 6.20 Å². The molecule has 3 heterocycles. The Morgan fingerprint density at radius 2 is 1.79 bits per heavy atom. The number of hydrogen-bond donors (Lipinski definition) is 2. The molecule has 150 valence electrons. The fraction of sp³-hybridized carbons (Fsp3) is 0.571. The smallest absolute Gasteiger partial charge is 0.273 e. The second-order valence-electron chi connectivity index (χ2n) is 7.90. The first kappa shape index (κ1) is 19.1. The third-order valence-corrected chi connectivity index (χ3v) is 5.76. The highest BCUT2D eigenvalue weighted by molar-refractivity contribution is 5.91. The molecule has 7 heteroatoms. The lowest BCUT2D eigenvalue weighted by Crippen LogP contribution is -2.29. The van der Waals surface area contributed by atoms with Crippen LogP contribution in [-0.4, -0.2) is 52.0 Å². The number of rotatable bonds is 6. The van der Waals surface area contributed by atoms with Crippen LogP contribution in [0.15, 0.2) is 30.5 Å². The third kappa shape index (κ3) is 4.97. The first-order valence-corrected chi connectivity index (χ1v) is 10.5. The third-order valence-electron chi connectivity index (χ3n) is 5.76. The van der Waals surface area contributed by atoms with Crippen molar-refractivity contribution in [2.45, 2.75) is 51.2 Å². The monoisotopic (exact) mass is 382 g/mol. The molecular formula is C21H30N6O. The fourth-order valence-corrected chi connectivity index (χ4v) is 4.04. The van der Waals surface area contributed by atoms with Crippen LogP contribution in [-0.2, 0) is 13.1 Å². The van der Waals surface area contributed by atoms with E-state index in [0.717, 1.165) is 38.0 Å². The molecule has 2 aromatic rings. The van der Waals surface area contributed by atoms with Crippen molar-refractivity contribution in [1.82, 2.24) is 30.5 Å². The molecule has 0 aliphatic carbocycles. The van der Waals surface area contributed by atoms with E-state index in [9.17, 15) is 4.79 Å². The van der Waals surface area contributed by atoms with E-state index in [2.05, 4.69) is 50.1 Å². The number of amides is 1. The minimum Gasteiger partial charge on any atom is -0.347 e. The van der Waals surface area contributed by atoms with Crippen molar-refractivity contribution >= 4 is 5.91 Å². The van der Waals surface area contributed by atoms with Crippen LogP contribution in [0.5, 0.6) is 0 Å². The lowest BCUT2D eigenvalue weighted by atomic mass is 10.1. The van der Waals surface area contributed by atoms with Crippen molar-refractivity contribution in [3.63, 3.8) is 0 Å². The van der Waals surface area contributed by atoms with Gasteiger partial charge in [-0.15, -0.1) is 5.10 Å². The minimum absolute atomic E-state index is 0.169. The lowest BCUT2D eigenvalue weighted by Gasteiger charge is -2.26. The highest BCUT2D eigenvalue weighted by atomic mass is 16.2. The van der Waals surface area contributed by atoms with E-state index >= 15 is 0 Å². The zero-order chi connectivity index (χ0) is 19.2. The van der Waals surface area contributed by atoms with Gasteiger partial charge in [-0.25, -0.2) is 4.68 Å². The van der Waals surface area contributed by atoms with Crippen LogP contribution in [0.3, 0.4) is 0 Å². The summed E-state index contributed by atoms with van der Waals surface area (Å²) in [5, 5.41) is 14.5. The first-order chi connectivity index (χ1) is 13.8. The van der Waals surface area contributed by atoms with Crippen molar-refractivity contribution in [2.75, 3.05) is 26.2 Å². The van der Waals surface area contributed by atoms with Crippen LogP contribution >= 0.6 is 0 Å². The maximum absolute atomic E-state index is 12.4. The zero-order valence-corrected chi connectivity index (χ0v) is 16.4. The van der Waals surface area contributed by atoms with E-state index < -0.39 is 0 Å². The van der Waals surface area contributed by atoms with Gasteiger partial charge in [0.15, 0.2) is 5.69 Å². The summed E-state index contributed by atoms with van der Waals surface area (Å²) in [5.74, 6) is -0.169. The highest BCUT2D eigenvalue weighted by Crippen LogP contribution is 2.17. The number of benzene rings is 1. The Balaban J connectivity index is 1.26. The van der Waals surface area contributed by atoms with E-state index in [4.69, 9.17) is 0 Å². The van der Waals surface area contributed by atoms with Crippen LogP contribution in [0.1, 0.15) is 59.8 Å². The molecule has 2 aliphatic rings. The predicted molar refractivity (Wildman–Crippen MR) is 108 cm³/mol. The molecule has 0 unspecified atom stereocenters. The number of hydrogen-bond acceptors (Lipinski definition) is 5. The Morgan fingerprint density at radius 3 is 2.54 bits per heavy atom. The molecular weight excluding hydrogens is 352 g/mol. The van der Waals surface area contributed by atoms with Crippen molar-refractivity contribution in [2.24, 2.45) is 0 Å². The average Bonchev–Trinajstić information content (AvgIpc) is 3.25. The van der Waals surface area contributed by atoms with Gasteiger partial charge in [0.25, 0.3) is 5.91 Å². The van der Waals surface area contributed by atoms with Gasteiger partial charge < -0.3 is 10.6 Å². The number of likely N-dealkylation sites (tertiary alicyclic amines) is 1. The zero-order valence-electron chi connectivity index (χ0n) is 16.4. The molecule has 0 spiro atoms. The SMILES string of the molecule is O=C(NCc1ccc(CN2CCCCC2)cc1)c1cn(C2CCNCC2)nn1. The molecule has 0 radical (unpaired) electrons. The Labute approximate surface area is 166 Å². The van der Waals surface area contributed by atoms with Gasteiger partial charge in [0.2, 0.25) is 0 Å². The largest absolute Gasteiger partial charge is 0.347 e. The highest BCUT2D eigenvalue weighted by Gasteiger charge is 2.18. The fourth-order valence-electron chi connectivity index (χ4n) is 4.04. The number of piperidine rings is 2. The number of carbonyl (C=O) groups is 1. The Kier molecular flexibility index (Phi) is 6.34. The van der Waals surface area contributed by atoms with E-state index in [1.165, 1.54) is 37.9 Å². The molecule has 2 saturated heterocycles. The summed E-state index contributed by atoms with van der Waals surface area (Å²) in [6, 6.07) is 8.88. The van der Waals surface area contributed by atoms with Gasteiger partial charge in [-0.05, 0) is 63.0 Å². The number of carbonyl (C=O) groups excluding carboxylic acids is 1. The summed E-state index contributed by atoms with van der Waals surface area (Å²) >= 11 is 0. The first-order valence-electron chi connectivity index (χ1n) is 10.5. The predicted octanol–water partition coefficient (Wildman–Crippen LogP) is 2.12.